The third-order valence-electron chi connectivity index (χ3n) is 7.64. The second-order valence-electron chi connectivity index (χ2n) is 11.2. The van der Waals surface area contributed by atoms with Gasteiger partial charge in [-0.25, -0.2) is 0 Å². The van der Waals surface area contributed by atoms with Crippen LogP contribution < -0.4 is 9.47 Å². The molecule has 1 aliphatic heterocycles. The lowest BCUT2D eigenvalue weighted by Crippen LogP contribution is -2.36. The van der Waals surface area contributed by atoms with E-state index in [4.69, 9.17) is 9.47 Å². The van der Waals surface area contributed by atoms with E-state index in [9.17, 15) is 0 Å². The second-order valence-corrected chi connectivity index (χ2v) is 11.2. The van der Waals surface area contributed by atoms with Crippen molar-refractivity contribution in [1.29, 1.82) is 0 Å². The van der Waals surface area contributed by atoms with Crippen LogP contribution in [-0.4, -0.2) is 12.7 Å². The van der Waals surface area contributed by atoms with Crippen molar-refractivity contribution in [2.24, 2.45) is 17.8 Å². The van der Waals surface area contributed by atoms with Crippen molar-refractivity contribution >= 4 is 0 Å². The van der Waals surface area contributed by atoms with Gasteiger partial charge in [0.15, 0.2) is 0 Å². The van der Waals surface area contributed by atoms with Crippen molar-refractivity contribution in [3.8, 4) is 11.5 Å². The van der Waals surface area contributed by atoms with Gasteiger partial charge in [-0.1, -0.05) is 72.6 Å². The molecule has 0 aromatic heterocycles. The SMILES string of the molecule is COc1cc2c(c(C)c1C)O[C@](C)(CCC[C@H](C)CCC[C@H](C)CCCC(C)C)CC2. The zero-order chi connectivity index (χ0) is 23.0. The predicted octanol–water partition coefficient (Wildman–Crippen LogP) is 8.83. The first-order valence-electron chi connectivity index (χ1n) is 13.0. The molecule has 2 nitrogen and oxygen atoms in total. The maximum Gasteiger partial charge on any atom is 0.126 e. The third-order valence-corrected chi connectivity index (χ3v) is 7.64. The summed E-state index contributed by atoms with van der Waals surface area (Å²) in [5.74, 6) is 4.69. The van der Waals surface area contributed by atoms with E-state index < -0.39 is 0 Å². The van der Waals surface area contributed by atoms with Crippen LogP contribution in [0.25, 0.3) is 0 Å². The highest BCUT2D eigenvalue weighted by Gasteiger charge is 2.33. The average Bonchev–Trinajstić information content (AvgIpc) is 2.71. The first-order valence-corrected chi connectivity index (χ1v) is 13.0. The number of hydrogen-bond donors (Lipinski definition) is 0. The van der Waals surface area contributed by atoms with Crippen LogP contribution in [0.15, 0.2) is 6.07 Å². The molecule has 0 radical (unpaired) electrons. The molecule has 1 heterocycles. The summed E-state index contributed by atoms with van der Waals surface area (Å²) in [5, 5.41) is 0. The highest BCUT2D eigenvalue weighted by molar-refractivity contribution is 5.53. The number of methoxy groups -OCH3 is 1. The lowest BCUT2D eigenvalue weighted by Gasteiger charge is -2.37. The van der Waals surface area contributed by atoms with Gasteiger partial charge in [-0.05, 0) is 87.0 Å². The molecule has 0 amide bonds. The number of rotatable bonds is 13. The molecule has 0 aliphatic carbocycles. The molecule has 2 heteroatoms. The molecule has 0 saturated heterocycles. The Balaban J connectivity index is 1.72. The second kappa shape index (κ2) is 12.2. The number of fused-ring (bicyclic) bond motifs is 1. The molecule has 0 fully saturated rings. The summed E-state index contributed by atoms with van der Waals surface area (Å²) in [6.07, 6.45) is 14.3. The number of aryl methyl sites for hydroxylation is 1. The van der Waals surface area contributed by atoms with Crippen molar-refractivity contribution in [3.05, 3.63) is 22.8 Å². The monoisotopic (exact) mass is 430 g/mol. The molecule has 1 aliphatic rings. The maximum absolute atomic E-state index is 6.62. The maximum atomic E-state index is 6.62. The predicted molar refractivity (Wildman–Crippen MR) is 135 cm³/mol. The summed E-state index contributed by atoms with van der Waals surface area (Å²) in [7, 11) is 1.76. The van der Waals surface area contributed by atoms with Gasteiger partial charge in [0.2, 0.25) is 0 Å². The summed E-state index contributed by atoms with van der Waals surface area (Å²) in [6.45, 7) is 16.2. The fourth-order valence-electron chi connectivity index (χ4n) is 5.14. The Labute approximate surface area is 193 Å². The molecule has 0 N–H and O–H groups in total. The van der Waals surface area contributed by atoms with Crippen molar-refractivity contribution in [2.75, 3.05) is 7.11 Å². The molecule has 1 aromatic carbocycles. The normalized spacial score (nSPS) is 20.3. The third kappa shape index (κ3) is 8.03. The highest BCUT2D eigenvalue weighted by Crippen LogP contribution is 2.42. The van der Waals surface area contributed by atoms with Crippen LogP contribution in [0.3, 0.4) is 0 Å². The van der Waals surface area contributed by atoms with Gasteiger partial charge in [-0.15, -0.1) is 0 Å². The van der Waals surface area contributed by atoms with Gasteiger partial charge in [0.05, 0.1) is 7.11 Å². The van der Waals surface area contributed by atoms with E-state index in [1.54, 1.807) is 7.11 Å². The van der Waals surface area contributed by atoms with Crippen LogP contribution in [-0.2, 0) is 6.42 Å². The Kier molecular flexibility index (Phi) is 10.2. The van der Waals surface area contributed by atoms with Crippen LogP contribution in [0.5, 0.6) is 11.5 Å². The average molecular weight is 431 g/mol. The van der Waals surface area contributed by atoms with Gasteiger partial charge in [-0.3, -0.25) is 0 Å². The zero-order valence-corrected chi connectivity index (χ0v) is 21.9. The van der Waals surface area contributed by atoms with Gasteiger partial charge in [0, 0.05) is 0 Å². The number of ether oxygens (including phenoxy) is 2. The zero-order valence-electron chi connectivity index (χ0n) is 21.9. The van der Waals surface area contributed by atoms with E-state index in [1.165, 1.54) is 68.1 Å². The Morgan fingerprint density at radius 2 is 1.48 bits per heavy atom. The summed E-state index contributed by atoms with van der Waals surface area (Å²) < 4.78 is 12.2. The topological polar surface area (TPSA) is 18.5 Å². The smallest absolute Gasteiger partial charge is 0.126 e. The molecule has 1 aromatic rings. The van der Waals surface area contributed by atoms with Gasteiger partial charge < -0.3 is 9.47 Å². The highest BCUT2D eigenvalue weighted by atomic mass is 16.5. The largest absolute Gasteiger partial charge is 0.496 e. The van der Waals surface area contributed by atoms with E-state index >= 15 is 0 Å². The molecule has 3 atom stereocenters. The standard InChI is InChI=1S/C29H50O2/c1-21(2)12-9-13-22(3)14-10-15-23(4)16-11-18-29(7)19-17-26-20-27(30-8)24(5)25(6)28(26)31-29/h20-23H,9-19H2,1-8H3/t22-,23-,29-/m1/s1. The van der Waals surface area contributed by atoms with Crippen molar-refractivity contribution in [3.63, 3.8) is 0 Å². The molecule has 0 bridgehead atoms. The van der Waals surface area contributed by atoms with Crippen LogP contribution in [0.1, 0.15) is 116 Å². The van der Waals surface area contributed by atoms with Crippen LogP contribution in [0.2, 0.25) is 0 Å². The molecular formula is C29H50O2. The van der Waals surface area contributed by atoms with Crippen molar-refractivity contribution in [1.82, 2.24) is 0 Å². The summed E-state index contributed by atoms with van der Waals surface area (Å²) in [4.78, 5) is 0. The van der Waals surface area contributed by atoms with Crippen LogP contribution >= 0.6 is 0 Å². The molecule has 0 saturated carbocycles. The van der Waals surface area contributed by atoms with E-state index in [-0.39, 0.29) is 5.60 Å². The lowest BCUT2D eigenvalue weighted by atomic mass is 9.85. The van der Waals surface area contributed by atoms with E-state index in [0.717, 1.165) is 48.5 Å². The van der Waals surface area contributed by atoms with Crippen molar-refractivity contribution in [2.45, 2.75) is 125 Å². The van der Waals surface area contributed by atoms with E-state index in [2.05, 4.69) is 54.5 Å². The minimum Gasteiger partial charge on any atom is -0.496 e. The fraction of sp³-hybridized carbons (Fsp3) is 0.793. The molecule has 0 unspecified atom stereocenters. The summed E-state index contributed by atoms with van der Waals surface area (Å²) >= 11 is 0. The Hall–Kier alpha value is -1.18. The Bertz CT molecular complexity index is 678. The molecule has 31 heavy (non-hydrogen) atoms. The van der Waals surface area contributed by atoms with Crippen LogP contribution in [0, 0.1) is 31.6 Å². The first-order chi connectivity index (χ1) is 14.6. The Morgan fingerprint density at radius 3 is 2.06 bits per heavy atom. The summed E-state index contributed by atoms with van der Waals surface area (Å²) in [5.41, 5.74) is 3.74. The minimum absolute atomic E-state index is 0.0244. The molecule has 2 rings (SSSR count). The van der Waals surface area contributed by atoms with Gasteiger partial charge >= 0.3 is 0 Å². The lowest BCUT2D eigenvalue weighted by molar-refractivity contribution is 0.0514. The minimum atomic E-state index is -0.0244. The van der Waals surface area contributed by atoms with Crippen LogP contribution in [0.4, 0.5) is 0 Å². The van der Waals surface area contributed by atoms with Crippen molar-refractivity contribution < 1.29 is 9.47 Å². The molecule has 178 valence electrons. The van der Waals surface area contributed by atoms with E-state index in [0.29, 0.717) is 0 Å². The molecule has 0 spiro atoms. The molecular weight excluding hydrogens is 380 g/mol. The van der Waals surface area contributed by atoms with Gasteiger partial charge in [0.25, 0.3) is 0 Å². The van der Waals surface area contributed by atoms with Gasteiger partial charge in [0.1, 0.15) is 17.1 Å². The number of hydrogen-bond acceptors (Lipinski definition) is 2. The number of benzene rings is 1. The summed E-state index contributed by atoms with van der Waals surface area (Å²) in [6, 6.07) is 2.18. The Morgan fingerprint density at radius 1 is 0.903 bits per heavy atom. The van der Waals surface area contributed by atoms with Gasteiger partial charge in [-0.2, -0.15) is 0 Å². The quantitative estimate of drug-likeness (QED) is 0.311. The first kappa shape index (κ1) is 26.1. The van der Waals surface area contributed by atoms with E-state index in [1.807, 2.05) is 0 Å². The fourth-order valence-corrected chi connectivity index (χ4v) is 5.14.